The number of rotatable bonds is 6. The number of hydrogen-bond acceptors (Lipinski definition) is 5. The van der Waals surface area contributed by atoms with Gasteiger partial charge in [-0.3, -0.25) is 4.79 Å². The highest BCUT2D eigenvalue weighted by Crippen LogP contribution is 2.16. The Kier molecular flexibility index (Phi) is 5.32. The molecule has 1 aromatic carbocycles. The molecule has 0 bridgehead atoms. The molecule has 0 fully saturated rings. The van der Waals surface area contributed by atoms with Crippen LogP contribution in [0.15, 0.2) is 30.3 Å². The Hall–Kier alpha value is -2.29. The first-order chi connectivity index (χ1) is 9.36. The van der Waals surface area contributed by atoms with E-state index < -0.39 is 28.8 Å². The molecule has 0 aliphatic carbocycles. The summed E-state index contributed by atoms with van der Waals surface area (Å²) in [6.07, 6.45) is -1.17. The molecule has 9 heteroatoms. The third-order valence-corrected chi connectivity index (χ3v) is 3.45. The summed E-state index contributed by atoms with van der Waals surface area (Å²) in [6, 6.07) is 7.56. The predicted octanol–water partition coefficient (Wildman–Crippen LogP) is 0.568. The van der Waals surface area contributed by atoms with Gasteiger partial charge in [0, 0.05) is 0 Å². The maximum atomic E-state index is 12.0. The Morgan fingerprint density at radius 2 is 1.90 bits per heavy atom. The molecule has 0 aliphatic heterocycles. The summed E-state index contributed by atoms with van der Waals surface area (Å²) >= 11 is 0. The number of ether oxygens (including phenoxy) is 1. The molecule has 0 unspecified atom stereocenters. The molecule has 1 amide bonds. The van der Waals surface area contributed by atoms with Crippen molar-refractivity contribution >= 4 is 28.0 Å². The highest BCUT2D eigenvalue weighted by molar-refractivity contribution is 7.91. The van der Waals surface area contributed by atoms with Crippen molar-refractivity contribution in [3.63, 3.8) is 0 Å². The SMILES string of the molecule is CCOC(=O)NS(=O)(=O)N(CC(=O)O)c1ccccc1. The summed E-state index contributed by atoms with van der Waals surface area (Å²) < 4.78 is 30.7. The van der Waals surface area contributed by atoms with Crippen molar-refractivity contribution in [1.82, 2.24) is 4.72 Å². The van der Waals surface area contributed by atoms with Gasteiger partial charge < -0.3 is 9.84 Å². The van der Waals surface area contributed by atoms with Gasteiger partial charge in [-0.25, -0.2) is 13.8 Å². The van der Waals surface area contributed by atoms with E-state index in [4.69, 9.17) is 5.11 Å². The van der Waals surface area contributed by atoms with Gasteiger partial charge in [0.25, 0.3) is 0 Å². The number of carboxylic acids is 1. The molecule has 0 saturated carbocycles. The van der Waals surface area contributed by atoms with Crippen LogP contribution in [-0.2, 0) is 19.7 Å². The van der Waals surface area contributed by atoms with Crippen LogP contribution in [0.25, 0.3) is 0 Å². The lowest BCUT2D eigenvalue weighted by atomic mass is 10.3. The van der Waals surface area contributed by atoms with E-state index in [0.29, 0.717) is 4.31 Å². The smallest absolute Gasteiger partial charge is 0.422 e. The second-order valence-corrected chi connectivity index (χ2v) is 5.16. The molecule has 2 N–H and O–H groups in total. The minimum absolute atomic E-state index is 0.00831. The normalized spacial score (nSPS) is 10.7. The topological polar surface area (TPSA) is 113 Å². The Labute approximate surface area is 116 Å². The zero-order valence-corrected chi connectivity index (χ0v) is 11.5. The molecular formula is C11H14N2O6S. The predicted molar refractivity (Wildman–Crippen MR) is 70.5 cm³/mol. The molecule has 0 atom stereocenters. The third kappa shape index (κ3) is 4.43. The van der Waals surface area contributed by atoms with Crippen molar-refractivity contribution in [1.29, 1.82) is 0 Å². The van der Waals surface area contributed by atoms with Crippen LogP contribution in [0, 0.1) is 0 Å². The molecule has 1 aromatic rings. The van der Waals surface area contributed by atoms with Gasteiger partial charge in [-0.05, 0) is 19.1 Å². The lowest BCUT2D eigenvalue weighted by Gasteiger charge is -2.22. The first kappa shape index (κ1) is 15.8. The lowest BCUT2D eigenvalue weighted by Crippen LogP contribution is -2.46. The Bertz CT molecular complexity index is 572. The maximum Gasteiger partial charge on any atom is 0.422 e. The van der Waals surface area contributed by atoms with Gasteiger partial charge in [0.1, 0.15) is 6.54 Å². The van der Waals surface area contributed by atoms with Crippen LogP contribution in [0.3, 0.4) is 0 Å². The number of hydrogen-bond donors (Lipinski definition) is 2. The van der Waals surface area contributed by atoms with E-state index >= 15 is 0 Å². The Morgan fingerprint density at radius 3 is 2.40 bits per heavy atom. The number of benzene rings is 1. The molecule has 20 heavy (non-hydrogen) atoms. The van der Waals surface area contributed by atoms with Gasteiger partial charge >= 0.3 is 22.3 Å². The number of carbonyl (C=O) groups is 2. The van der Waals surface area contributed by atoms with E-state index in [-0.39, 0.29) is 12.3 Å². The van der Waals surface area contributed by atoms with Crippen molar-refractivity contribution < 1.29 is 27.9 Å². The Morgan fingerprint density at radius 1 is 1.30 bits per heavy atom. The van der Waals surface area contributed by atoms with E-state index in [1.165, 1.54) is 19.1 Å². The molecule has 110 valence electrons. The number of carboxylic acid groups (broad SMARTS) is 1. The zero-order valence-electron chi connectivity index (χ0n) is 10.6. The lowest BCUT2D eigenvalue weighted by molar-refractivity contribution is -0.135. The van der Waals surface area contributed by atoms with E-state index in [1.54, 1.807) is 22.9 Å². The van der Waals surface area contributed by atoms with Gasteiger partial charge in [-0.1, -0.05) is 18.2 Å². The molecule has 0 heterocycles. The van der Waals surface area contributed by atoms with E-state index in [1.807, 2.05) is 0 Å². The second-order valence-electron chi connectivity index (χ2n) is 3.56. The van der Waals surface area contributed by atoms with E-state index in [9.17, 15) is 18.0 Å². The number of nitrogens with zero attached hydrogens (tertiary/aromatic N) is 1. The van der Waals surface area contributed by atoms with Gasteiger partial charge in [0.15, 0.2) is 0 Å². The minimum Gasteiger partial charge on any atom is -0.480 e. The minimum atomic E-state index is -4.36. The van der Waals surface area contributed by atoms with Gasteiger partial charge in [0.05, 0.1) is 12.3 Å². The molecule has 0 spiro atoms. The van der Waals surface area contributed by atoms with Crippen LogP contribution in [-0.4, -0.2) is 38.7 Å². The first-order valence-electron chi connectivity index (χ1n) is 5.61. The third-order valence-electron chi connectivity index (χ3n) is 2.10. The number of anilines is 1. The molecule has 0 aromatic heterocycles. The second kappa shape index (κ2) is 6.75. The molecule has 0 saturated heterocycles. The van der Waals surface area contributed by atoms with Crippen LogP contribution in [0.5, 0.6) is 0 Å². The average Bonchev–Trinajstić information content (AvgIpc) is 2.36. The standard InChI is InChI=1S/C11H14N2O6S/c1-2-19-11(16)12-20(17,18)13(8-10(14)15)9-6-4-3-5-7-9/h3-7H,2,8H2,1H3,(H,12,16)(H,14,15). The van der Waals surface area contributed by atoms with Gasteiger partial charge in [0.2, 0.25) is 0 Å². The van der Waals surface area contributed by atoms with Crippen LogP contribution in [0.2, 0.25) is 0 Å². The molecular weight excluding hydrogens is 288 g/mol. The zero-order chi connectivity index (χ0) is 15.2. The van der Waals surface area contributed by atoms with Crippen LogP contribution in [0.4, 0.5) is 10.5 Å². The number of para-hydroxylation sites is 1. The van der Waals surface area contributed by atoms with Crippen LogP contribution < -0.4 is 9.03 Å². The quantitative estimate of drug-likeness (QED) is 0.794. The largest absolute Gasteiger partial charge is 0.480 e. The maximum absolute atomic E-state index is 12.0. The molecule has 0 radical (unpaired) electrons. The summed E-state index contributed by atoms with van der Waals surface area (Å²) in [4.78, 5) is 22.0. The fourth-order valence-electron chi connectivity index (χ4n) is 1.35. The summed E-state index contributed by atoms with van der Waals surface area (Å²) in [5.41, 5.74) is 0.117. The molecule has 1 rings (SSSR count). The first-order valence-corrected chi connectivity index (χ1v) is 7.05. The summed E-state index contributed by atoms with van der Waals surface area (Å²) in [5.74, 6) is -1.36. The van der Waals surface area contributed by atoms with Crippen molar-refractivity contribution in [3.05, 3.63) is 30.3 Å². The highest BCUT2D eigenvalue weighted by atomic mass is 32.2. The summed E-state index contributed by atoms with van der Waals surface area (Å²) in [7, 11) is -4.36. The van der Waals surface area contributed by atoms with Crippen LogP contribution in [0.1, 0.15) is 6.92 Å². The fourth-order valence-corrected chi connectivity index (χ4v) is 2.41. The number of amides is 1. The van der Waals surface area contributed by atoms with Crippen molar-refractivity contribution in [2.45, 2.75) is 6.92 Å². The van der Waals surface area contributed by atoms with Crippen molar-refractivity contribution in [2.24, 2.45) is 0 Å². The van der Waals surface area contributed by atoms with E-state index in [0.717, 1.165) is 0 Å². The van der Waals surface area contributed by atoms with Gasteiger partial charge in [-0.2, -0.15) is 8.42 Å². The number of nitrogens with one attached hydrogen (secondary N) is 1. The summed E-state index contributed by atoms with van der Waals surface area (Å²) in [5, 5.41) is 8.80. The van der Waals surface area contributed by atoms with Gasteiger partial charge in [-0.15, -0.1) is 0 Å². The van der Waals surface area contributed by atoms with Crippen molar-refractivity contribution in [2.75, 3.05) is 17.5 Å². The van der Waals surface area contributed by atoms with Crippen molar-refractivity contribution in [3.8, 4) is 0 Å². The molecule has 8 nitrogen and oxygen atoms in total. The van der Waals surface area contributed by atoms with Crippen LogP contribution >= 0.6 is 0 Å². The fraction of sp³-hybridized carbons (Fsp3) is 0.273. The Balaban J connectivity index is 3.04. The average molecular weight is 302 g/mol. The number of aliphatic carboxylic acids is 1. The summed E-state index contributed by atoms with van der Waals surface area (Å²) in [6.45, 7) is 0.683. The highest BCUT2D eigenvalue weighted by Gasteiger charge is 2.27. The molecule has 0 aliphatic rings. The van der Waals surface area contributed by atoms with E-state index in [2.05, 4.69) is 4.74 Å². The monoisotopic (exact) mass is 302 g/mol. The number of carbonyl (C=O) groups excluding carboxylic acids is 1.